The minimum atomic E-state index is 0.255. The molecule has 22 heavy (non-hydrogen) atoms. The van der Waals surface area contributed by atoms with Crippen LogP contribution in [0.4, 0.5) is 0 Å². The van der Waals surface area contributed by atoms with Crippen LogP contribution >= 0.6 is 0 Å². The zero-order valence-corrected chi connectivity index (χ0v) is 12.9. The van der Waals surface area contributed by atoms with Crippen molar-refractivity contribution in [2.75, 3.05) is 6.54 Å². The van der Waals surface area contributed by atoms with Crippen LogP contribution in [0, 0.1) is 0 Å². The van der Waals surface area contributed by atoms with Crippen molar-refractivity contribution in [2.24, 2.45) is 5.16 Å². The van der Waals surface area contributed by atoms with Crippen molar-refractivity contribution in [1.29, 1.82) is 0 Å². The number of hydrogen-bond donors (Lipinski definition) is 1. The van der Waals surface area contributed by atoms with Crippen molar-refractivity contribution >= 4 is 5.71 Å². The Bertz CT molecular complexity index is 651. The highest BCUT2D eigenvalue weighted by atomic mass is 16.4. The molecule has 0 aliphatic carbocycles. The maximum absolute atomic E-state index is 9.06. The summed E-state index contributed by atoms with van der Waals surface area (Å²) in [6, 6.07) is 19.4. The number of fused-ring (bicyclic) bond motifs is 1. The van der Waals surface area contributed by atoms with E-state index >= 15 is 0 Å². The Morgan fingerprint density at radius 2 is 1.77 bits per heavy atom. The van der Waals surface area contributed by atoms with Crippen molar-refractivity contribution in [2.45, 2.75) is 32.4 Å². The summed E-state index contributed by atoms with van der Waals surface area (Å²) in [5.41, 5.74) is 4.92. The van der Waals surface area contributed by atoms with Gasteiger partial charge in [0.05, 0.1) is 5.71 Å². The second kappa shape index (κ2) is 6.75. The molecule has 114 valence electrons. The van der Waals surface area contributed by atoms with E-state index in [1.807, 2.05) is 13.0 Å². The lowest BCUT2D eigenvalue weighted by Gasteiger charge is -2.36. The molecule has 1 aliphatic rings. The van der Waals surface area contributed by atoms with Gasteiger partial charge in [-0.05, 0) is 30.0 Å². The first-order valence-electron chi connectivity index (χ1n) is 7.81. The molecule has 0 saturated heterocycles. The van der Waals surface area contributed by atoms with Gasteiger partial charge in [-0.1, -0.05) is 59.8 Å². The number of benzene rings is 2. The number of nitrogens with zero attached hydrogens (tertiary/aromatic N) is 2. The van der Waals surface area contributed by atoms with Crippen molar-refractivity contribution in [3.05, 3.63) is 71.3 Å². The Kier molecular flexibility index (Phi) is 4.54. The Morgan fingerprint density at radius 3 is 2.50 bits per heavy atom. The summed E-state index contributed by atoms with van der Waals surface area (Å²) in [5, 5.41) is 12.4. The van der Waals surface area contributed by atoms with Gasteiger partial charge in [0.15, 0.2) is 0 Å². The van der Waals surface area contributed by atoms with Gasteiger partial charge >= 0.3 is 0 Å². The third-order valence-electron chi connectivity index (χ3n) is 4.44. The van der Waals surface area contributed by atoms with Crippen LogP contribution in [-0.4, -0.2) is 22.4 Å². The molecule has 1 unspecified atom stereocenters. The average molecular weight is 294 g/mol. The molecular weight excluding hydrogens is 272 g/mol. The molecule has 1 aliphatic heterocycles. The topological polar surface area (TPSA) is 35.8 Å². The van der Waals surface area contributed by atoms with Crippen molar-refractivity contribution in [3.8, 4) is 0 Å². The minimum absolute atomic E-state index is 0.255. The summed E-state index contributed by atoms with van der Waals surface area (Å²) in [4.78, 5) is 2.49. The van der Waals surface area contributed by atoms with Gasteiger partial charge in [0, 0.05) is 25.6 Å². The lowest BCUT2D eigenvalue weighted by Crippen LogP contribution is -2.35. The highest BCUT2D eigenvalue weighted by Crippen LogP contribution is 2.30. The second-order valence-electron chi connectivity index (χ2n) is 5.96. The molecule has 0 bridgehead atoms. The molecule has 2 aromatic rings. The van der Waals surface area contributed by atoms with Gasteiger partial charge in [0.2, 0.25) is 0 Å². The van der Waals surface area contributed by atoms with Crippen LogP contribution in [0.5, 0.6) is 0 Å². The van der Waals surface area contributed by atoms with Gasteiger partial charge in [0.1, 0.15) is 0 Å². The van der Waals surface area contributed by atoms with Crippen LogP contribution in [-0.2, 0) is 13.0 Å². The molecule has 2 aromatic carbocycles. The first-order valence-corrected chi connectivity index (χ1v) is 7.81. The maximum atomic E-state index is 9.06. The van der Waals surface area contributed by atoms with E-state index in [1.54, 1.807) is 0 Å². The first kappa shape index (κ1) is 14.8. The SMILES string of the molecule is C/C(CC(c1ccccc1)N1CCc2ccccc2C1)=N/O. The molecule has 0 fully saturated rings. The van der Waals surface area contributed by atoms with Crippen LogP contribution in [0.3, 0.4) is 0 Å². The Labute approximate surface area is 131 Å². The molecule has 3 rings (SSSR count). The summed E-state index contributed by atoms with van der Waals surface area (Å²) < 4.78 is 0. The summed E-state index contributed by atoms with van der Waals surface area (Å²) >= 11 is 0. The Hall–Kier alpha value is -2.13. The third-order valence-corrected chi connectivity index (χ3v) is 4.44. The lowest BCUT2D eigenvalue weighted by molar-refractivity contribution is 0.182. The van der Waals surface area contributed by atoms with Crippen molar-refractivity contribution in [3.63, 3.8) is 0 Å². The maximum Gasteiger partial charge on any atom is 0.0559 e. The molecule has 1 heterocycles. The van der Waals surface area contributed by atoms with Crippen LogP contribution < -0.4 is 0 Å². The Balaban J connectivity index is 1.87. The summed E-state index contributed by atoms with van der Waals surface area (Å²) in [6.45, 7) is 3.87. The summed E-state index contributed by atoms with van der Waals surface area (Å²) in [6.07, 6.45) is 1.83. The molecule has 0 spiro atoms. The largest absolute Gasteiger partial charge is 0.411 e. The number of rotatable bonds is 4. The molecule has 0 saturated carbocycles. The monoisotopic (exact) mass is 294 g/mol. The van der Waals surface area contributed by atoms with E-state index in [0.29, 0.717) is 0 Å². The predicted molar refractivity (Wildman–Crippen MR) is 89.3 cm³/mol. The minimum Gasteiger partial charge on any atom is -0.411 e. The fraction of sp³-hybridized carbons (Fsp3) is 0.316. The smallest absolute Gasteiger partial charge is 0.0559 e. The quantitative estimate of drug-likeness (QED) is 0.525. The third kappa shape index (κ3) is 3.20. The van der Waals surface area contributed by atoms with Crippen LogP contribution in [0.1, 0.15) is 36.1 Å². The average Bonchev–Trinajstić information content (AvgIpc) is 2.59. The summed E-state index contributed by atoms with van der Waals surface area (Å²) in [5.74, 6) is 0. The van der Waals surface area contributed by atoms with Crippen molar-refractivity contribution in [1.82, 2.24) is 4.90 Å². The van der Waals surface area contributed by atoms with E-state index in [2.05, 4.69) is 58.6 Å². The normalized spacial score (nSPS) is 17.0. The van der Waals surface area contributed by atoms with Gasteiger partial charge < -0.3 is 5.21 Å². The van der Waals surface area contributed by atoms with Crippen LogP contribution in [0.15, 0.2) is 59.8 Å². The second-order valence-corrected chi connectivity index (χ2v) is 5.96. The van der Waals surface area contributed by atoms with E-state index in [1.165, 1.54) is 16.7 Å². The predicted octanol–water partition coefficient (Wildman–Crippen LogP) is 4.03. The fourth-order valence-electron chi connectivity index (χ4n) is 3.24. The molecule has 1 atom stereocenters. The van der Waals surface area contributed by atoms with E-state index in [9.17, 15) is 0 Å². The molecule has 0 radical (unpaired) electrons. The molecule has 0 amide bonds. The molecular formula is C19H22N2O. The zero-order valence-electron chi connectivity index (χ0n) is 12.9. The summed E-state index contributed by atoms with van der Waals surface area (Å²) in [7, 11) is 0. The first-order chi connectivity index (χ1) is 10.8. The molecule has 1 N–H and O–H groups in total. The van der Waals surface area contributed by atoms with E-state index in [-0.39, 0.29) is 6.04 Å². The highest BCUT2D eigenvalue weighted by Gasteiger charge is 2.25. The zero-order chi connectivity index (χ0) is 15.4. The van der Waals surface area contributed by atoms with E-state index < -0.39 is 0 Å². The van der Waals surface area contributed by atoms with Gasteiger partial charge in [-0.15, -0.1) is 0 Å². The lowest BCUT2D eigenvalue weighted by atomic mass is 9.94. The van der Waals surface area contributed by atoms with Gasteiger partial charge in [-0.25, -0.2) is 0 Å². The fourth-order valence-corrected chi connectivity index (χ4v) is 3.24. The van der Waals surface area contributed by atoms with Crippen molar-refractivity contribution < 1.29 is 5.21 Å². The number of hydrogen-bond acceptors (Lipinski definition) is 3. The van der Waals surface area contributed by atoms with E-state index in [4.69, 9.17) is 5.21 Å². The van der Waals surface area contributed by atoms with E-state index in [0.717, 1.165) is 31.6 Å². The Morgan fingerprint density at radius 1 is 1.09 bits per heavy atom. The molecule has 0 aromatic heterocycles. The van der Waals surface area contributed by atoms with Gasteiger partial charge in [-0.2, -0.15) is 0 Å². The van der Waals surface area contributed by atoms with Crippen LogP contribution in [0.2, 0.25) is 0 Å². The molecule has 3 nitrogen and oxygen atoms in total. The van der Waals surface area contributed by atoms with Gasteiger partial charge in [0.25, 0.3) is 0 Å². The van der Waals surface area contributed by atoms with Crippen LogP contribution in [0.25, 0.3) is 0 Å². The highest BCUT2D eigenvalue weighted by molar-refractivity contribution is 5.82. The number of oxime groups is 1. The molecule has 3 heteroatoms. The standard InChI is InChI=1S/C19H22N2O/c1-15(20-22)13-19(17-8-3-2-4-9-17)21-12-11-16-7-5-6-10-18(16)14-21/h2-10,19,22H,11-14H2,1H3/b20-15-. The van der Waals surface area contributed by atoms with Gasteiger partial charge in [-0.3, -0.25) is 4.90 Å².